The van der Waals surface area contributed by atoms with Gasteiger partial charge in [0.25, 0.3) is 17.8 Å². The lowest BCUT2D eigenvalue weighted by atomic mass is 10.1. The molecule has 2 amide bonds. The van der Waals surface area contributed by atoms with Crippen LogP contribution in [0.4, 0.5) is 27.6 Å². The first kappa shape index (κ1) is 20.1. The fraction of sp³-hybridized carbons (Fsp3) is 0.562. The first-order valence-electron chi connectivity index (χ1n) is 8.34. The predicted octanol–water partition coefficient (Wildman–Crippen LogP) is 1.22. The van der Waals surface area contributed by atoms with Crippen LogP contribution in [0.1, 0.15) is 16.9 Å². The van der Waals surface area contributed by atoms with Gasteiger partial charge in [0.15, 0.2) is 0 Å². The van der Waals surface area contributed by atoms with Crippen molar-refractivity contribution in [2.45, 2.75) is 24.3 Å². The van der Waals surface area contributed by atoms with Crippen LogP contribution in [0.3, 0.4) is 0 Å². The summed E-state index contributed by atoms with van der Waals surface area (Å²) in [4.78, 5) is 29.8. The minimum atomic E-state index is -3.29. The highest BCUT2D eigenvalue weighted by Gasteiger charge is 2.50. The normalized spacial score (nSPS) is 22.7. The van der Waals surface area contributed by atoms with Crippen LogP contribution in [0.25, 0.3) is 0 Å². The van der Waals surface area contributed by atoms with Crippen molar-refractivity contribution in [1.29, 1.82) is 0 Å². The number of aromatic nitrogens is 1. The van der Waals surface area contributed by atoms with Crippen molar-refractivity contribution in [1.82, 2.24) is 9.88 Å². The highest BCUT2D eigenvalue weighted by Crippen LogP contribution is 2.37. The number of hydrogen-bond donors (Lipinski definition) is 1. The number of rotatable bonds is 6. The maximum Gasteiger partial charge on any atom is 0.282 e. The Hall–Kier alpha value is -2.66. The smallest absolute Gasteiger partial charge is 0.282 e. The third-order valence-corrected chi connectivity index (χ3v) is 4.42. The van der Waals surface area contributed by atoms with E-state index in [2.05, 4.69) is 4.98 Å². The molecule has 1 aromatic rings. The number of hydrogen-bond acceptors (Lipinski definition) is 5. The second-order valence-corrected chi connectivity index (χ2v) is 6.68. The molecule has 1 aromatic heterocycles. The molecule has 1 unspecified atom stereocenters. The molecule has 2 fully saturated rings. The number of ether oxygens (including phenoxy) is 1. The molecule has 154 valence electrons. The summed E-state index contributed by atoms with van der Waals surface area (Å²) >= 11 is 0. The Balaban J connectivity index is 1.87. The maximum absolute atomic E-state index is 13.7. The monoisotopic (exact) mass is 408 g/mol. The van der Waals surface area contributed by atoms with E-state index < -0.39 is 69.0 Å². The average molecular weight is 408 g/mol. The van der Waals surface area contributed by atoms with Gasteiger partial charge >= 0.3 is 0 Å². The molecule has 28 heavy (non-hydrogen) atoms. The Labute approximate surface area is 156 Å². The Kier molecular flexibility index (Phi) is 5.06. The van der Waals surface area contributed by atoms with Gasteiger partial charge in [0.2, 0.25) is 11.8 Å². The summed E-state index contributed by atoms with van der Waals surface area (Å²) in [5.74, 6) is -8.53. The van der Waals surface area contributed by atoms with Crippen molar-refractivity contribution >= 4 is 17.5 Å². The number of carbonyl (C=O) groups is 2. The fourth-order valence-electron chi connectivity index (χ4n) is 3.15. The Bertz CT molecular complexity index is 784. The van der Waals surface area contributed by atoms with E-state index in [4.69, 9.17) is 10.5 Å². The second kappa shape index (κ2) is 7.06. The van der Waals surface area contributed by atoms with Gasteiger partial charge in [0.1, 0.15) is 30.7 Å². The number of likely N-dealkylation sites (tertiary alicyclic amines) is 1. The van der Waals surface area contributed by atoms with E-state index in [9.17, 15) is 31.5 Å². The number of alkyl halides is 5. The molecular weight excluding hydrogens is 391 g/mol. The van der Waals surface area contributed by atoms with Crippen molar-refractivity contribution in [3.63, 3.8) is 0 Å². The highest BCUT2D eigenvalue weighted by atomic mass is 19.3. The first-order chi connectivity index (χ1) is 13.0. The number of amides is 2. The number of pyridine rings is 1. The van der Waals surface area contributed by atoms with Crippen LogP contribution in [0, 0.1) is 0 Å². The van der Waals surface area contributed by atoms with Crippen molar-refractivity contribution < 1.29 is 36.3 Å². The number of primary amides is 1. The van der Waals surface area contributed by atoms with Gasteiger partial charge in [-0.3, -0.25) is 9.59 Å². The van der Waals surface area contributed by atoms with Gasteiger partial charge in [-0.25, -0.2) is 26.9 Å². The number of carbonyl (C=O) groups excluding carboxylic acids is 2. The van der Waals surface area contributed by atoms with Crippen LogP contribution in [0.5, 0.6) is 5.88 Å². The average Bonchev–Trinajstić information content (AvgIpc) is 2.93. The quantitative estimate of drug-likeness (QED) is 0.716. The van der Waals surface area contributed by atoms with E-state index in [1.165, 1.54) is 11.0 Å². The van der Waals surface area contributed by atoms with Crippen LogP contribution in [-0.2, 0) is 4.79 Å². The highest BCUT2D eigenvalue weighted by molar-refractivity contribution is 5.97. The Morgan fingerprint density at radius 2 is 1.86 bits per heavy atom. The zero-order valence-electron chi connectivity index (χ0n) is 14.5. The van der Waals surface area contributed by atoms with E-state index in [1.54, 1.807) is 0 Å². The summed E-state index contributed by atoms with van der Waals surface area (Å²) in [5.41, 5.74) is 4.87. The van der Waals surface area contributed by atoms with Crippen molar-refractivity contribution in [3.8, 4) is 5.88 Å². The van der Waals surface area contributed by atoms with Crippen molar-refractivity contribution in [3.05, 3.63) is 17.8 Å². The van der Waals surface area contributed by atoms with Crippen LogP contribution in [0.15, 0.2) is 12.1 Å². The van der Waals surface area contributed by atoms with E-state index in [-0.39, 0.29) is 17.3 Å². The molecule has 7 nitrogen and oxygen atoms in total. The third-order valence-electron chi connectivity index (χ3n) is 4.42. The molecule has 2 aliphatic heterocycles. The maximum atomic E-state index is 13.7. The van der Waals surface area contributed by atoms with E-state index in [0.29, 0.717) is 4.90 Å². The van der Waals surface area contributed by atoms with Crippen molar-refractivity contribution in [2.75, 3.05) is 37.8 Å². The summed E-state index contributed by atoms with van der Waals surface area (Å²) in [6, 6.07) is 0.898. The number of anilines is 1. The second-order valence-electron chi connectivity index (χ2n) is 6.68. The van der Waals surface area contributed by atoms with Gasteiger partial charge in [-0.2, -0.15) is 0 Å². The Morgan fingerprint density at radius 3 is 2.43 bits per heavy atom. The zero-order valence-corrected chi connectivity index (χ0v) is 14.5. The van der Waals surface area contributed by atoms with E-state index in [0.717, 1.165) is 6.07 Å². The molecule has 2 aliphatic rings. The van der Waals surface area contributed by atoms with Gasteiger partial charge in [-0.1, -0.05) is 0 Å². The van der Waals surface area contributed by atoms with Crippen molar-refractivity contribution in [2.24, 2.45) is 5.73 Å². The lowest BCUT2D eigenvalue weighted by Crippen LogP contribution is -2.56. The lowest BCUT2D eigenvalue weighted by Gasteiger charge is -2.40. The largest absolute Gasteiger partial charge is 0.473 e. The van der Waals surface area contributed by atoms with Crippen LogP contribution in [0.2, 0.25) is 0 Å². The molecule has 0 spiro atoms. The molecule has 0 radical (unpaired) electrons. The molecule has 2 saturated heterocycles. The lowest BCUT2D eigenvalue weighted by molar-refractivity contribution is -0.121. The van der Waals surface area contributed by atoms with E-state index >= 15 is 0 Å². The van der Waals surface area contributed by atoms with Crippen LogP contribution in [-0.4, -0.2) is 72.5 Å². The SMILES string of the molecule is NC(=O)C1CC(F)(F)CN1C(=O)c1ccc(N2CC(F)(F)C2)c(OCCF)n1. The summed E-state index contributed by atoms with van der Waals surface area (Å²) < 4.78 is 71.1. The van der Waals surface area contributed by atoms with Crippen LogP contribution >= 0.6 is 0 Å². The molecule has 3 heterocycles. The van der Waals surface area contributed by atoms with E-state index in [1.807, 2.05) is 0 Å². The summed E-state index contributed by atoms with van der Waals surface area (Å²) in [7, 11) is 0. The molecule has 0 saturated carbocycles. The standard InChI is InChI=1S/C16H17F5N4O3/c17-3-4-28-13-10(24-6-16(20,21)7-24)2-1-9(23-13)14(27)25-8-15(18,19)5-11(25)12(22)26/h1-2,11H,3-8H2,(H2,22,26). The summed E-state index contributed by atoms with van der Waals surface area (Å²) in [6.45, 7) is -3.54. The molecule has 3 rings (SSSR count). The molecular formula is C16H17F5N4O3. The molecule has 0 aliphatic carbocycles. The molecule has 12 heteroatoms. The van der Waals surface area contributed by atoms with Crippen LogP contribution < -0.4 is 15.4 Å². The molecule has 0 bridgehead atoms. The fourth-order valence-corrected chi connectivity index (χ4v) is 3.15. The summed E-state index contributed by atoms with van der Waals surface area (Å²) in [6.07, 6.45) is -0.903. The predicted molar refractivity (Wildman–Crippen MR) is 86.4 cm³/mol. The Morgan fingerprint density at radius 1 is 1.18 bits per heavy atom. The van der Waals surface area contributed by atoms with Gasteiger partial charge in [-0.05, 0) is 12.1 Å². The van der Waals surface area contributed by atoms with Gasteiger partial charge in [0, 0.05) is 6.42 Å². The topological polar surface area (TPSA) is 88.8 Å². The minimum Gasteiger partial charge on any atom is -0.473 e. The minimum absolute atomic E-state index is 0.120. The summed E-state index contributed by atoms with van der Waals surface area (Å²) in [5, 5.41) is 0. The zero-order chi connectivity index (χ0) is 20.7. The molecule has 2 N–H and O–H groups in total. The number of nitrogens with two attached hydrogens (primary N) is 1. The van der Waals surface area contributed by atoms with Gasteiger partial charge < -0.3 is 20.3 Å². The molecule has 0 aromatic carbocycles. The van der Waals surface area contributed by atoms with Gasteiger partial charge in [-0.15, -0.1) is 0 Å². The first-order valence-corrected chi connectivity index (χ1v) is 8.34. The molecule has 1 atom stereocenters. The third kappa shape index (κ3) is 3.94. The number of nitrogens with zero attached hydrogens (tertiary/aromatic N) is 3. The van der Waals surface area contributed by atoms with Gasteiger partial charge in [0.05, 0.1) is 19.6 Å². The number of halogens is 5.